The molecule has 1 aromatic rings. The Morgan fingerprint density at radius 3 is 3.10 bits per heavy atom. The van der Waals surface area contributed by atoms with Crippen molar-refractivity contribution in [1.29, 1.82) is 0 Å². The largest absolute Gasteiger partial charge is 0.291 e. The van der Waals surface area contributed by atoms with Gasteiger partial charge in [0.25, 0.3) is 0 Å². The van der Waals surface area contributed by atoms with Crippen molar-refractivity contribution >= 4 is 23.7 Å². The standard InChI is InChI=1S/C16H20N2OS/c1-3-9-20-14-6-4-5-13(11-14)7-8-15-12(2)10-16(19)18-17-15/h3-8,11-12,15,17H,1,9-10H2,2H3,(H,18,19)/b8-7+. The number of thioether (sulfide) groups is 1. The molecule has 2 rings (SSSR count). The molecule has 1 aliphatic rings. The van der Waals surface area contributed by atoms with Crippen molar-refractivity contribution in [2.45, 2.75) is 24.3 Å². The molecule has 0 spiro atoms. The predicted molar refractivity (Wildman–Crippen MR) is 85.2 cm³/mol. The van der Waals surface area contributed by atoms with Gasteiger partial charge in [0.1, 0.15) is 0 Å². The molecule has 2 N–H and O–H groups in total. The number of benzene rings is 1. The molecule has 1 aliphatic heterocycles. The molecule has 0 bridgehead atoms. The highest BCUT2D eigenvalue weighted by Crippen LogP contribution is 2.20. The topological polar surface area (TPSA) is 41.1 Å². The van der Waals surface area contributed by atoms with Crippen LogP contribution in [0.25, 0.3) is 6.08 Å². The number of rotatable bonds is 5. The zero-order valence-electron chi connectivity index (χ0n) is 11.6. The molecule has 3 nitrogen and oxygen atoms in total. The van der Waals surface area contributed by atoms with Crippen LogP contribution in [0.15, 0.2) is 47.9 Å². The molecule has 0 aliphatic carbocycles. The molecule has 20 heavy (non-hydrogen) atoms. The third kappa shape index (κ3) is 4.25. The van der Waals surface area contributed by atoms with Gasteiger partial charge in [-0.2, -0.15) is 0 Å². The quantitative estimate of drug-likeness (QED) is 0.646. The minimum atomic E-state index is 0.0602. The van der Waals surface area contributed by atoms with E-state index in [2.05, 4.69) is 60.8 Å². The van der Waals surface area contributed by atoms with Crippen LogP contribution in [0.5, 0.6) is 0 Å². The Morgan fingerprint density at radius 1 is 1.50 bits per heavy atom. The van der Waals surface area contributed by atoms with Crippen LogP contribution >= 0.6 is 11.8 Å². The van der Waals surface area contributed by atoms with E-state index in [9.17, 15) is 4.79 Å². The van der Waals surface area contributed by atoms with Crippen LogP contribution in [0.1, 0.15) is 18.9 Å². The molecule has 1 fully saturated rings. The van der Waals surface area contributed by atoms with Crippen molar-refractivity contribution in [3.05, 3.63) is 48.6 Å². The summed E-state index contributed by atoms with van der Waals surface area (Å²) in [7, 11) is 0. The lowest BCUT2D eigenvalue weighted by atomic mass is 9.96. The number of hydrazine groups is 1. The van der Waals surface area contributed by atoms with E-state index < -0.39 is 0 Å². The summed E-state index contributed by atoms with van der Waals surface area (Å²) in [6, 6.07) is 8.59. The first kappa shape index (κ1) is 14.9. The van der Waals surface area contributed by atoms with Gasteiger partial charge < -0.3 is 0 Å². The van der Waals surface area contributed by atoms with Crippen molar-refractivity contribution in [1.82, 2.24) is 10.9 Å². The van der Waals surface area contributed by atoms with E-state index in [1.165, 1.54) is 10.5 Å². The monoisotopic (exact) mass is 288 g/mol. The van der Waals surface area contributed by atoms with E-state index in [0.717, 1.165) is 5.75 Å². The zero-order valence-corrected chi connectivity index (χ0v) is 12.5. The highest BCUT2D eigenvalue weighted by molar-refractivity contribution is 7.99. The third-order valence-corrected chi connectivity index (χ3v) is 4.21. The van der Waals surface area contributed by atoms with Crippen LogP contribution in [-0.4, -0.2) is 17.7 Å². The summed E-state index contributed by atoms with van der Waals surface area (Å²) in [5.41, 5.74) is 6.89. The average molecular weight is 288 g/mol. The number of hydrogen-bond donors (Lipinski definition) is 2. The maximum absolute atomic E-state index is 11.2. The molecular formula is C16H20N2OS. The van der Waals surface area contributed by atoms with Gasteiger partial charge in [0, 0.05) is 23.1 Å². The fourth-order valence-corrected chi connectivity index (χ4v) is 2.80. The summed E-state index contributed by atoms with van der Waals surface area (Å²) in [4.78, 5) is 12.5. The summed E-state index contributed by atoms with van der Waals surface area (Å²) < 4.78 is 0. The second-order valence-electron chi connectivity index (χ2n) is 4.93. The molecule has 1 aromatic carbocycles. The predicted octanol–water partition coefficient (Wildman–Crippen LogP) is 3.01. The second kappa shape index (κ2) is 7.31. The fourth-order valence-electron chi connectivity index (χ4n) is 2.09. The van der Waals surface area contributed by atoms with Gasteiger partial charge in [0.15, 0.2) is 0 Å². The number of hydrogen-bond acceptors (Lipinski definition) is 3. The lowest BCUT2D eigenvalue weighted by molar-refractivity contribution is -0.125. The number of nitrogens with one attached hydrogen (secondary N) is 2. The molecule has 0 saturated carbocycles. The zero-order chi connectivity index (χ0) is 14.4. The van der Waals surface area contributed by atoms with Gasteiger partial charge in [-0.15, -0.1) is 18.3 Å². The van der Waals surface area contributed by atoms with E-state index in [0.29, 0.717) is 12.3 Å². The van der Waals surface area contributed by atoms with Crippen molar-refractivity contribution in [2.75, 3.05) is 5.75 Å². The van der Waals surface area contributed by atoms with E-state index >= 15 is 0 Å². The SMILES string of the molecule is C=CCSc1cccc(/C=C/C2NNC(=O)CC2C)c1. The van der Waals surface area contributed by atoms with Gasteiger partial charge in [-0.3, -0.25) is 10.2 Å². The molecule has 0 radical (unpaired) electrons. The second-order valence-corrected chi connectivity index (χ2v) is 6.02. The van der Waals surface area contributed by atoms with E-state index in [1.54, 1.807) is 11.8 Å². The summed E-state index contributed by atoms with van der Waals surface area (Å²) in [5, 5.41) is 0. The van der Waals surface area contributed by atoms with E-state index in [1.807, 2.05) is 6.08 Å². The summed E-state index contributed by atoms with van der Waals surface area (Å²) in [6.07, 6.45) is 6.69. The van der Waals surface area contributed by atoms with Gasteiger partial charge in [-0.25, -0.2) is 5.43 Å². The lowest BCUT2D eigenvalue weighted by Gasteiger charge is -2.27. The molecule has 2 atom stereocenters. The maximum Gasteiger partial charge on any atom is 0.234 e. The number of carbonyl (C=O) groups excluding carboxylic acids is 1. The molecular weight excluding hydrogens is 268 g/mol. The van der Waals surface area contributed by atoms with Gasteiger partial charge >= 0.3 is 0 Å². The van der Waals surface area contributed by atoms with Gasteiger partial charge in [-0.05, 0) is 23.6 Å². The third-order valence-electron chi connectivity index (χ3n) is 3.22. The summed E-state index contributed by atoms with van der Waals surface area (Å²) in [6.45, 7) is 5.81. The highest BCUT2D eigenvalue weighted by Gasteiger charge is 2.22. The van der Waals surface area contributed by atoms with Crippen molar-refractivity contribution in [3.8, 4) is 0 Å². The van der Waals surface area contributed by atoms with Crippen LogP contribution in [0.2, 0.25) is 0 Å². The van der Waals surface area contributed by atoms with Crippen LogP contribution in [-0.2, 0) is 4.79 Å². The highest BCUT2D eigenvalue weighted by atomic mass is 32.2. The molecule has 1 saturated heterocycles. The maximum atomic E-state index is 11.2. The van der Waals surface area contributed by atoms with Crippen LogP contribution in [0.4, 0.5) is 0 Å². The van der Waals surface area contributed by atoms with E-state index in [-0.39, 0.29) is 11.9 Å². The minimum absolute atomic E-state index is 0.0602. The molecule has 1 amide bonds. The van der Waals surface area contributed by atoms with Crippen LogP contribution in [0.3, 0.4) is 0 Å². The van der Waals surface area contributed by atoms with Crippen molar-refractivity contribution < 1.29 is 4.79 Å². The molecule has 0 aromatic heterocycles. The normalized spacial score (nSPS) is 22.8. The van der Waals surface area contributed by atoms with Gasteiger partial charge in [0.05, 0.1) is 0 Å². The van der Waals surface area contributed by atoms with Crippen molar-refractivity contribution in [2.24, 2.45) is 5.92 Å². The smallest absolute Gasteiger partial charge is 0.234 e. The Bertz CT molecular complexity index is 513. The summed E-state index contributed by atoms with van der Waals surface area (Å²) >= 11 is 1.77. The average Bonchev–Trinajstić information content (AvgIpc) is 2.45. The molecule has 2 unspecified atom stereocenters. The number of carbonyl (C=O) groups is 1. The fraction of sp³-hybridized carbons (Fsp3) is 0.312. The Labute approximate surface area is 124 Å². The Balaban J connectivity index is 2.00. The van der Waals surface area contributed by atoms with Crippen LogP contribution in [0, 0.1) is 5.92 Å². The Kier molecular flexibility index (Phi) is 5.44. The van der Waals surface area contributed by atoms with Crippen LogP contribution < -0.4 is 10.9 Å². The molecule has 4 heteroatoms. The number of amides is 1. The Morgan fingerprint density at radius 2 is 2.35 bits per heavy atom. The molecule has 1 heterocycles. The molecule has 106 valence electrons. The minimum Gasteiger partial charge on any atom is -0.291 e. The summed E-state index contributed by atoms with van der Waals surface area (Å²) in [5.74, 6) is 1.28. The first-order valence-electron chi connectivity index (χ1n) is 6.75. The lowest BCUT2D eigenvalue weighted by Crippen LogP contribution is -2.52. The van der Waals surface area contributed by atoms with Gasteiger partial charge in [-0.1, -0.05) is 37.3 Å². The Hall–Kier alpha value is -1.52. The van der Waals surface area contributed by atoms with E-state index in [4.69, 9.17) is 0 Å². The van der Waals surface area contributed by atoms with Crippen molar-refractivity contribution in [3.63, 3.8) is 0 Å². The first-order valence-corrected chi connectivity index (χ1v) is 7.74. The first-order chi connectivity index (χ1) is 9.69. The van der Waals surface area contributed by atoms with Gasteiger partial charge in [0.2, 0.25) is 5.91 Å².